The third kappa shape index (κ3) is 3.43. The lowest BCUT2D eigenvalue weighted by Crippen LogP contribution is -2.30. The Morgan fingerprint density at radius 2 is 1.95 bits per heavy atom. The van der Waals surface area contributed by atoms with Crippen LogP contribution in [0.1, 0.15) is 55.4 Å². The van der Waals surface area contributed by atoms with Crippen LogP contribution < -0.4 is 0 Å². The Balaban J connectivity index is 3.18. The van der Waals surface area contributed by atoms with Gasteiger partial charge in [-0.3, -0.25) is 4.79 Å². The average Bonchev–Trinajstić information content (AvgIpc) is 2.71. The fraction of sp³-hybridized carbons (Fsp3) is 0.688. The minimum Gasteiger partial charge on any atom is -0.347 e. The lowest BCUT2D eigenvalue weighted by atomic mass is 10.0. The molecule has 114 valence electrons. The van der Waals surface area contributed by atoms with Crippen LogP contribution in [0, 0.1) is 13.8 Å². The highest BCUT2D eigenvalue weighted by Crippen LogP contribution is 2.34. The second-order valence-corrected chi connectivity index (χ2v) is 7.37. The van der Waals surface area contributed by atoms with Gasteiger partial charge in [0.1, 0.15) is 0 Å². The monoisotopic (exact) mass is 315 g/mol. The predicted octanol–water partition coefficient (Wildman–Crippen LogP) is 4.84. The van der Waals surface area contributed by atoms with Crippen molar-refractivity contribution in [1.82, 2.24) is 4.57 Å². The van der Waals surface area contributed by atoms with Gasteiger partial charge in [0.05, 0.1) is 5.38 Å². The molecular weight excluding hydrogens is 290 g/mol. The topological polar surface area (TPSA) is 22.0 Å². The summed E-state index contributed by atoms with van der Waals surface area (Å²) in [4.78, 5) is 12.2. The Labute approximate surface area is 132 Å². The van der Waals surface area contributed by atoms with Crippen LogP contribution in [0.15, 0.2) is 6.07 Å². The summed E-state index contributed by atoms with van der Waals surface area (Å²) in [5.74, 6) is 0.0220. The summed E-state index contributed by atoms with van der Waals surface area (Å²) >= 11 is 7.87. The molecule has 4 heteroatoms. The second kappa shape index (κ2) is 7.04. The Bertz CT molecular complexity index is 467. The van der Waals surface area contributed by atoms with E-state index in [1.54, 1.807) is 6.92 Å². The first-order valence-corrected chi connectivity index (χ1v) is 8.88. The number of thioether (sulfide) groups is 1. The summed E-state index contributed by atoms with van der Waals surface area (Å²) in [5, 5.41) is -0.466. The quantitative estimate of drug-likeness (QED) is 0.530. The number of hydrogen-bond donors (Lipinski definition) is 0. The van der Waals surface area contributed by atoms with Gasteiger partial charge in [-0.2, -0.15) is 11.8 Å². The fourth-order valence-corrected chi connectivity index (χ4v) is 3.58. The molecular formula is C16H26ClNOS. The number of halogens is 1. The van der Waals surface area contributed by atoms with Crippen molar-refractivity contribution in [3.63, 3.8) is 0 Å². The van der Waals surface area contributed by atoms with Gasteiger partial charge in [-0.05, 0) is 45.9 Å². The highest BCUT2D eigenvalue weighted by atomic mass is 35.5. The van der Waals surface area contributed by atoms with E-state index in [1.165, 1.54) is 0 Å². The molecule has 0 aromatic carbocycles. The van der Waals surface area contributed by atoms with Crippen molar-refractivity contribution in [3.8, 4) is 0 Å². The minimum absolute atomic E-state index is 0.0220. The smallest absolute Gasteiger partial charge is 0.182 e. The molecule has 0 saturated heterocycles. The molecule has 1 aromatic heterocycles. The van der Waals surface area contributed by atoms with Crippen LogP contribution in [-0.2, 0) is 6.54 Å². The highest BCUT2D eigenvalue weighted by molar-refractivity contribution is 8.00. The fourth-order valence-electron chi connectivity index (χ4n) is 2.62. The van der Waals surface area contributed by atoms with E-state index in [1.807, 2.05) is 24.8 Å². The average molecular weight is 316 g/mol. The number of aryl methyl sites for hydroxylation is 1. The van der Waals surface area contributed by atoms with Gasteiger partial charge in [-0.15, -0.1) is 11.6 Å². The number of carbonyl (C=O) groups is 1. The van der Waals surface area contributed by atoms with Crippen molar-refractivity contribution in [2.45, 2.75) is 64.1 Å². The molecule has 0 bridgehead atoms. The lowest BCUT2D eigenvalue weighted by Gasteiger charge is -2.31. The minimum atomic E-state index is -0.466. The zero-order chi connectivity index (χ0) is 15.5. The molecule has 0 amide bonds. The summed E-state index contributed by atoms with van der Waals surface area (Å²) in [6.45, 7) is 11.3. The number of carbonyl (C=O) groups excluding carboxylic acids is 1. The van der Waals surface area contributed by atoms with E-state index in [0.717, 1.165) is 36.3 Å². The predicted molar refractivity (Wildman–Crippen MR) is 90.4 cm³/mol. The van der Waals surface area contributed by atoms with Crippen LogP contribution in [0.4, 0.5) is 0 Å². The third-order valence-corrected chi connectivity index (χ3v) is 6.14. The number of aromatic nitrogens is 1. The van der Waals surface area contributed by atoms with Gasteiger partial charge < -0.3 is 4.57 Å². The normalized spacial score (nSPS) is 13.6. The van der Waals surface area contributed by atoms with Crippen LogP contribution in [0.25, 0.3) is 0 Å². The zero-order valence-corrected chi connectivity index (χ0v) is 15.0. The number of rotatable bonds is 7. The van der Waals surface area contributed by atoms with E-state index in [2.05, 4.69) is 31.6 Å². The summed E-state index contributed by atoms with van der Waals surface area (Å²) < 4.78 is 2.51. The maximum absolute atomic E-state index is 12.2. The molecule has 0 saturated carbocycles. The first-order chi connectivity index (χ1) is 9.31. The van der Waals surface area contributed by atoms with Crippen LogP contribution in [-0.4, -0.2) is 26.7 Å². The molecule has 2 nitrogen and oxygen atoms in total. The van der Waals surface area contributed by atoms with Crippen LogP contribution in [0.2, 0.25) is 0 Å². The lowest BCUT2D eigenvalue weighted by molar-refractivity contribution is 0.0991. The van der Waals surface area contributed by atoms with Gasteiger partial charge >= 0.3 is 0 Å². The molecule has 1 unspecified atom stereocenters. The molecule has 0 aliphatic heterocycles. The van der Waals surface area contributed by atoms with Gasteiger partial charge in [-0.25, -0.2) is 0 Å². The molecule has 0 fully saturated rings. The Morgan fingerprint density at radius 3 is 2.35 bits per heavy atom. The molecule has 1 heterocycles. The molecule has 0 N–H and O–H groups in total. The van der Waals surface area contributed by atoms with Crippen LogP contribution in [0.3, 0.4) is 0 Å². The van der Waals surface area contributed by atoms with E-state index < -0.39 is 5.38 Å². The number of Topliss-reactive ketones (excluding diaryl/α,β-unsaturated/α-hetero) is 1. The summed E-state index contributed by atoms with van der Waals surface area (Å²) in [6, 6.07) is 1.98. The van der Waals surface area contributed by atoms with Gasteiger partial charge in [0.25, 0.3) is 0 Å². The number of nitrogens with zero attached hydrogens (tertiary/aromatic N) is 1. The molecule has 0 aliphatic carbocycles. The molecule has 20 heavy (non-hydrogen) atoms. The van der Waals surface area contributed by atoms with Gasteiger partial charge in [0.15, 0.2) is 5.78 Å². The van der Waals surface area contributed by atoms with Crippen LogP contribution in [0.5, 0.6) is 0 Å². The molecule has 0 radical (unpaired) electrons. The SMILES string of the molecule is CCC(CC)(Cn1c(C)cc(C(=O)C(C)Cl)c1C)SC. The van der Waals surface area contributed by atoms with Gasteiger partial charge in [0.2, 0.25) is 0 Å². The summed E-state index contributed by atoms with van der Waals surface area (Å²) in [7, 11) is 0. The molecule has 1 atom stereocenters. The summed E-state index contributed by atoms with van der Waals surface area (Å²) in [5.41, 5.74) is 2.95. The molecule has 1 aromatic rings. The third-order valence-electron chi connectivity index (χ3n) is 4.37. The van der Waals surface area contributed by atoms with E-state index in [-0.39, 0.29) is 10.5 Å². The van der Waals surface area contributed by atoms with Crippen molar-refractivity contribution in [2.75, 3.05) is 6.26 Å². The van der Waals surface area contributed by atoms with E-state index in [0.29, 0.717) is 0 Å². The Morgan fingerprint density at radius 1 is 1.40 bits per heavy atom. The standard InChI is InChI=1S/C16H26ClNOS/c1-7-16(8-2,20-6)10-18-11(3)9-14(13(18)5)15(19)12(4)17/h9,12H,7-8,10H2,1-6H3. The van der Waals surface area contributed by atoms with Crippen molar-refractivity contribution in [2.24, 2.45) is 0 Å². The Kier molecular flexibility index (Phi) is 6.21. The maximum Gasteiger partial charge on any atom is 0.182 e. The zero-order valence-electron chi connectivity index (χ0n) is 13.4. The Hall–Kier alpha value is -0.410. The van der Waals surface area contributed by atoms with E-state index >= 15 is 0 Å². The van der Waals surface area contributed by atoms with E-state index in [4.69, 9.17) is 11.6 Å². The summed E-state index contributed by atoms with van der Waals surface area (Å²) in [6.07, 6.45) is 4.42. The van der Waals surface area contributed by atoms with Crippen molar-refractivity contribution >= 4 is 29.1 Å². The van der Waals surface area contributed by atoms with Crippen molar-refractivity contribution < 1.29 is 4.79 Å². The maximum atomic E-state index is 12.2. The van der Waals surface area contributed by atoms with Crippen molar-refractivity contribution in [1.29, 1.82) is 0 Å². The van der Waals surface area contributed by atoms with E-state index in [9.17, 15) is 4.79 Å². The second-order valence-electron chi connectivity index (χ2n) is 5.45. The van der Waals surface area contributed by atoms with Gasteiger partial charge in [-0.1, -0.05) is 13.8 Å². The molecule has 0 spiro atoms. The first-order valence-electron chi connectivity index (χ1n) is 7.22. The van der Waals surface area contributed by atoms with Gasteiger partial charge in [0, 0.05) is 28.2 Å². The highest BCUT2D eigenvalue weighted by Gasteiger charge is 2.28. The molecule has 0 aliphatic rings. The number of hydrogen-bond acceptors (Lipinski definition) is 2. The largest absolute Gasteiger partial charge is 0.347 e. The molecule has 1 rings (SSSR count). The number of alkyl halides is 1. The first kappa shape index (κ1) is 17.6. The van der Waals surface area contributed by atoms with Crippen molar-refractivity contribution in [3.05, 3.63) is 23.0 Å². The van der Waals surface area contributed by atoms with Crippen LogP contribution >= 0.6 is 23.4 Å². The number of ketones is 1.